The van der Waals surface area contributed by atoms with Crippen molar-refractivity contribution in [1.29, 1.82) is 0 Å². The van der Waals surface area contributed by atoms with Gasteiger partial charge in [0.15, 0.2) is 17.5 Å². The average Bonchev–Trinajstić information content (AvgIpc) is 3.79. The molecule has 5 heteroatoms. The van der Waals surface area contributed by atoms with Crippen molar-refractivity contribution in [2.24, 2.45) is 0 Å². The van der Waals surface area contributed by atoms with Crippen molar-refractivity contribution in [2.75, 3.05) is 0 Å². The highest BCUT2D eigenvalue weighted by Gasteiger charge is 2.20. The van der Waals surface area contributed by atoms with Gasteiger partial charge in [0.1, 0.15) is 22.3 Å². The Bertz CT molecular complexity index is 3190. The second-order valence-electron chi connectivity index (χ2n) is 13.2. The number of nitrogens with zero attached hydrogens (tertiary/aromatic N) is 3. The predicted molar refractivity (Wildman–Crippen MR) is 211 cm³/mol. The Morgan fingerprint density at radius 1 is 0.308 bits per heavy atom. The van der Waals surface area contributed by atoms with Crippen LogP contribution in [-0.2, 0) is 0 Å². The van der Waals surface area contributed by atoms with Crippen LogP contribution in [0.5, 0.6) is 0 Å². The Balaban J connectivity index is 1.17. The third-order valence-electron chi connectivity index (χ3n) is 10.1. The number of rotatable bonds is 4. The summed E-state index contributed by atoms with van der Waals surface area (Å²) in [6.45, 7) is 0. The fourth-order valence-electron chi connectivity index (χ4n) is 7.61. The second-order valence-corrected chi connectivity index (χ2v) is 13.2. The lowest BCUT2D eigenvalue weighted by molar-refractivity contribution is 0.668. The Morgan fingerprint density at radius 3 is 1.75 bits per heavy atom. The molecule has 5 nitrogen and oxygen atoms in total. The van der Waals surface area contributed by atoms with Crippen LogP contribution in [0, 0.1) is 0 Å². The molecule has 11 rings (SSSR count). The fraction of sp³-hybridized carbons (Fsp3) is 0. The molecular formula is C47H27N3O2. The summed E-state index contributed by atoms with van der Waals surface area (Å²) in [7, 11) is 0. The normalized spacial score (nSPS) is 11.8. The van der Waals surface area contributed by atoms with Gasteiger partial charge < -0.3 is 8.83 Å². The van der Waals surface area contributed by atoms with Crippen LogP contribution in [0.3, 0.4) is 0 Å². The van der Waals surface area contributed by atoms with E-state index in [0.717, 1.165) is 87.9 Å². The number of furan rings is 2. The monoisotopic (exact) mass is 665 g/mol. The van der Waals surface area contributed by atoms with Crippen LogP contribution < -0.4 is 0 Å². The van der Waals surface area contributed by atoms with Crippen molar-refractivity contribution in [1.82, 2.24) is 15.0 Å². The van der Waals surface area contributed by atoms with Crippen molar-refractivity contribution >= 4 is 65.4 Å². The third-order valence-corrected chi connectivity index (χ3v) is 10.1. The maximum Gasteiger partial charge on any atom is 0.164 e. The first-order chi connectivity index (χ1) is 25.7. The molecule has 242 valence electrons. The maximum atomic E-state index is 6.49. The molecule has 0 unspecified atom stereocenters. The summed E-state index contributed by atoms with van der Waals surface area (Å²) in [5.74, 6) is 1.74. The van der Waals surface area contributed by atoms with Gasteiger partial charge in [0.2, 0.25) is 0 Å². The van der Waals surface area contributed by atoms with Crippen molar-refractivity contribution in [3.63, 3.8) is 0 Å². The van der Waals surface area contributed by atoms with E-state index in [0.29, 0.717) is 17.5 Å². The molecule has 0 saturated heterocycles. The Morgan fingerprint density at radius 2 is 0.904 bits per heavy atom. The van der Waals surface area contributed by atoms with Gasteiger partial charge in [-0.3, -0.25) is 0 Å². The molecule has 3 heterocycles. The second kappa shape index (κ2) is 11.2. The summed E-state index contributed by atoms with van der Waals surface area (Å²) >= 11 is 0. The largest absolute Gasteiger partial charge is 0.456 e. The smallest absolute Gasteiger partial charge is 0.164 e. The molecule has 52 heavy (non-hydrogen) atoms. The van der Waals surface area contributed by atoms with E-state index in [9.17, 15) is 0 Å². The molecule has 0 saturated carbocycles. The van der Waals surface area contributed by atoms with Crippen LogP contribution in [0.4, 0.5) is 0 Å². The van der Waals surface area contributed by atoms with Gasteiger partial charge in [-0.15, -0.1) is 0 Å². The van der Waals surface area contributed by atoms with E-state index >= 15 is 0 Å². The zero-order valence-corrected chi connectivity index (χ0v) is 27.7. The summed E-state index contributed by atoms with van der Waals surface area (Å²) in [5.41, 5.74) is 8.09. The third kappa shape index (κ3) is 4.53. The number of hydrogen-bond donors (Lipinski definition) is 0. The lowest BCUT2D eigenvalue weighted by Crippen LogP contribution is -2.00. The first-order valence-electron chi connectivity index (χ1n) is 17.3. The SMILES string of the molecule is c1ccc(-c2cc(-c3nc(-c4ccc5ccccc5c4)nc(-c4ccc5oc6ccc7ccccc7c6c5c4)n3)cc3oc4ccccc4c23)cc1. The molecule has 0 bridgehead atoms. The molecular weight excluding hydrogens is 639 g/mol. The first-order valence-corrected chi connectivity index (χ1v) is 17.3. The lowest BCUT2D eigenvalue weighted by Gasteiger charge is -2.11. The van der Waals surface area contributed by atoms with E-state index in [1.54, 1.807) is 0 Å². The lowest BCUT2D eigenvalue weighted by atomic mass is 9.97. The van der Waals surface area contributed by atoms with Gasteiger partial charge in [-0.1, -0.05) is 115 Å². The molecule has 8 aromatic carbocycles. The molecule has 0 radical (unpaired) electrons. The molecule has 0 fully saturated rings. The molecule has 0 amide bonds. The van der Waals surface area contributed by atoms with Crippen LogP contribution in [-0.4, -0.2) is 15.0 Å². The topological polar surface area (TPSA) is 65.0 Å². The van der Waals surface area contributed by atoms with Gasteiger partial charge in [0.05, 0.1) is 0 Å². The van der Waals surface area contributed by atoms with Gasteiger partial charge in [-0.2, -0.15) is 0 Å². The standard InChI is InChI=1S/C47H27N3O2/c1-2-11-29(12-3-1)37-26-34(27-42-44(37)36-16-8-9-17-39(36)52-42)47-49-45(32-19-18-28-10-4-5-14-31(28)24-32)48-46(50-47)33-21-22-40-38(25-33)43-35-15-7-6-13-30(35)20-23-41(43)51-40/h1-27H. The van der Waals surface area contributed by atoms with Crippen molar-refractivity contribution in [2.45, 2.75) is 0 Å². The molecule has 3 aromatic heterocycles. The maximum absolute atomic E-state index is 6.49. The highest BCUT2D eigenvalue weighted by atomic mass is 16.3. The molecule has 0 aliphatic carbocycles. The molecule has 0 atom stereocenters. The first kappa shape index (κ1) is 28.7. The van der Waals surface area contributed by atoms with Crippen LogP contribution in [0.25, 0.3) is 111 Å². The number of fused-ring (bicyclic) bond motifs is 9. The van der Waals surface area contributed by atoms with E-state index in [-0.39, 0.29) is 0 Å². The van der Waals surface area contributed by atoms with Gasteiger partial charge in [0, 0.05) is 38.2 Å². The summed E-state index contributed by atoms with van der Waals surface area (Å²) in [4.78, 5) is 15.5. The van der Waals surface area contributed by atoms with E-state index in [1.807, 2.05) is 30.3 Å². The number of hydrogen-bond acceptors (Lipinski definition) is 5. The van der Waals surface area contributed by atoms with Gasteiger partial charge in [-0.25, -0.2) is 15.0 Å². The van der Waals surface area contributed by atoms with Gasteiger partial charge in [0.25, 0.3) is 0 Å². The molecule has 0 aliphatic rings. The predicted octanol–water partition coefficient (Wildman–Crippen LogP) is 12.6. The number of aromatic nitrogens is 3. The summed E-state index contributed by atoms with van der Waals surface area (Å²) in [6, 6.07) is 56.3. The van der Waals surface area contributed by atoms with Crippen molar-refractivity contribution < 1.29 is 8.83 Å². The van der Waals surface area contributed by atoms with Crippen LogP contribution in [0.15, 0.2) is 173 Å². The molecule has 0 spiro atoms. The summed E-state index contributed by atoms with van der Waals surface area (Å²) in [6.07, 6.45) is 0. The Hall–Kier alpha value is -7.11. The fourth-order valence-corrected chi connectivity index (χ4v) is 7.61. The zero-order chi connectivity index (χ0) is 34.2. The van der Waals surface area contributed by atoms with E-state index in [1.165, 1.54) is 5.39 Å². The highest BCUT2D eigenvalue weighted by molar-refractivity contribution is 6.19. The van der Waals surface area contributed by atoms with E-state index in [2.05, 4.69) is 133 Å². The Kier molecular flexibility index (Phi) is 6.18. The average molecular weight is 666 g/mol. The summed E-state index contributed by atoms with van der Waals surface area (Å²) < 4.78 is 12.8. The Labute approximate surface area is 297 Å². The van der Waals surface area contributed by atoms with Crippen molar-refractivity contribution in [3.05, 3.63) is 164 Å². The van der Waals surface area contributed by atoms with Crippen molar-refractivity contribution in [3.8, 4) is 45.3 Å². The number of para-hydroxylation sites is 1. The van der Waals surface area contributed by atoms with Crippen LogP contribution in [0.1, 0.15) is 0 Å². The molecule has 0 aliphatic heterocycles. The van der Waals surface area contributed by atoms with Crippen LogP contribution in [0.2, 0.25) is 0 Å². The van der Waals surface area contributed by atoms with E-state index in [4.69, 9.17) is 23.8 Å². The van der Waals surface area contributed by atoms with Crippen LogP contribution >= 0.6 is 0 Å². The number of benzene rings is 8. The minimum absolute atomic E-state index is 0.565. The minimum Gasteiger partial charge on any atom is -0.456 e. The molecule has 11 aromatic rings. The van der Waals surface area contributed by atoms with E-state index < -0.39 is 0 Å². The quantitative estimate of drug-likeness (QED) is 0.187. The van der Waals surface area contributed by atoms with Gasteiger partial charge >= 0.3 is 0 Å². The summed E-state index contributed by atoms with van der Waals surface area (Å²) in [5, 5.41) is 8.85. The highest BCUT2D eigenvalue weighted by Crippen LogP contribution is 2.41. The molecule has 0 N–H and O–H groups in total. The minimum atomic E-state index is 0.565. The zero-order valence-electron chi connectivity index (χ0n) is 27.7. The van der Waals surface area contributed by atoms with Gasteiger partial charge in [-0.05, 0) is 81.2 Å².